The van der Waals surface area contributed by atoms with E-state index in [9.17, 15) is 0 Å². The van der Waals surface area contributed by atoms with Crippen molar-refractivity contribution in [1.29, 1.82) is 0 Å². The molecule has 0 radical (unpaired) electrons. The summed E-state index contributed by atoms with van der Waals surface area (Å²) in [5, 5.41) is 7.90. The fraction of sp³-hybridized carbons (Fsp3) is 0.500. The summed E-state index contributed by atoms with van der Waals surface area (Å²) in [4.78, 5) is 12.9. The third-order valence-corrected chi connectivity index (χ3v) is 5.43. The van der Waals surface area contributed by atoms with Crippen molar-refractivity contribution in [2.75, 3.05) is 13.6 Å². The van der Waals surface area contributed by atoms with Crippen molar-refractivity contribution < 1.29 is 0 Å². The fourth-order valence-electron chi connectivity index (χ4n) is 2.18. The minimum Gasteiger partial charge on any atom is -0.356 e. The van der Waals surface area contributed by atoms with E-state index in [1.54, 1.807) is 18.4 Å². The van der Waals surface area contributed by atoms with Crippen LogP contribution in [0.25, 0.3) is 0 Å². The van der Waals surface area contributed by atoms with E-state index in [4.69, 9.17) is 0 Å². The number of aromatic nitrogens is 1. The maximum Gasteiger partial charge on any atom is 0.191 e. The number of nitrogens with one attached hydrogen (secondary N) is 2. The van der Waals surface area contributed by atoms with Crippen molar-refractivity contribution in [1.82, 2.24) is 15.6 Å². The highest BCUT2D eigenvalue weighted by atomic mass is 127. The number of guanidine groups is 1. The van der Waals surface area contributed by atoms with Gasteiger partial charge in [0.15, 0.2) is 5.96 Å². The molecule has 0 atom stereocenters. The van der Waals surface area contributed by atoms with Crippen LogP contribution < -0.4 is 10.6 Å². The lowest BCUT2D eigenvalue weighted by molar-refractivity contribution is 0.794. The van der Waals surface area contributed by atoms with Crippen LogP contribution in [0.5, 0.6) is 0 Å². The average Bonchev–Trinajstić information content (AvgIpc) is 3.08. The molecule has 4 nitrogen and oxygen atoms in total. The predicted molar refractivity (Wildman–Crippen MR) is 113 cm³/mol. The molecule has 2 aromatic heterocycles. The summed E-state index contributed by atoms with van der Waals surface area (Å²) in [6.07, 6.45) is 1.95. The number of hydrogen-bond acceptors (Lipinski definition) is 4. The van der Waals surface area contributed by atoms with Gasteiger partial charge in [0.25, 0.3) is 0 Å². The third-order valence-electron chi connectivity index (χ3n) is 3.35. The van der Waals surface area contributed by atoms with Gasteiger partial charge in [-0.1, -0.05) is 6.92 Å². The normalized spacial score (nSPS) is 11.2. The third kappa shape index (κ3) is 6.39. The number of hydrogen-bond donors (Lipinski definition) is 2. The maximum absolute atomic E-state index is 4.67. The zero-order valence-electron chi connectivity index (χ0n) is 14.1. The molecular formula is C16H25IN4S2. The topological polar surface area (TPSA) is 49.3 Å². The molecule has 2 aromatic rings. The highest BCUT2D eigenvalue weighted by molar-refractivity contribution is 14.0. The lowest BCUT2D eigenvalue weighted by Gasteiger charge is -2.10. The summed E-state index contributed by atoms with van der Waals surface area (Å²) in [5.74, 6) is 0.843. The molecule has 23 heavy (non-hydrogen) atoms. The predicted octanol–water partition coefficient (Wildman–Crippen LogP) is 3.91. The lowest BCUT2D eigenvalue weighted by Crippen LogP contribution is -2.37. The Morgan fingerprint density at radius 2 is 2.00 bits per heavy atom. The van der Waals surface area contributed by atoms with Crippen molar-refractivity contribution >= 4 is 52.6 Å². The number of nitrogens with zero attached hydrogens (tertiary/aromatic N) is 2. The summed E-state index contributed by atoms with van der Waals surface area (Å²) in [6.45, 7) is 8.09. The maximum atomic E-state index is 4.67. The molecule has 0 unspecified atom stereocenters. The van der Waals surface area contributed by atoms with Gasteiger partial charge in [0.05, 0.1) is 17.2 Å². The van der Waals surface area contributed by atoms with E-state index in [1.165, 1.54) is 25.3 Å². The van der Waals surface area contributed by atoms with E-state index >= 15 is 0 Å². The summed E-state index contributed by atoms with van der Waals surface area (Å²) in [6, 6.07) is 4.30. The minimum atomic E-state index is 0. The van der Waals surface area contributed by atoms with E-state index in [1.807, 2.05) is 11.3 Å². The molecule has 2 heterocycles. The van der Waals surface area contributed by atoms with Gasteiger partial charge >= 0.3 is 0 Å². The molecule has 2 N–H and O–H groups in total. The van der Waals surface area contributed by atoms with Crippen molar-refractivity contribution in [2.24, 2.45) is 4.99 Å². The molecule has 0 aliphatic carbocycles. The summed E-state index contributed by atoms with van der Waals surface area (Å²) < 4.78 is 0. The van der Waals surface area contributed by atoms with Crippen LogP contribution in [-0.2, 0) is 19.4 Å². The van der Waals surface area contributed by atoms with E-state index in [0.717, 1.165) is 31.9 Å². The van der Waals surface area contributed by atoms with Crippen LogP contribution in [0.3, 0.4) is 0 Å². The Bertz CT molecular complexity index is 634. The minimum absolute atomic E-state index is 0. The highest BCUT2D eigenvalue weighted by Crippen LogP contribution is 2.18. The number of rotatable bonds is 6. The fourth-order valence-corrected chi connectivity index (χ4v) is 4.03. The standard InChI is InChI=1S/C16H24N4S2.HI/c1-5-14-12(3)22-15(20-14)8-9-18-16(17-4)19-10-13-7-6-11(2)21-13;/h6-7H,5,8-10H2,1-4H3,(H2,17,18,19);1H. The van der Waals surface area contributed by atoms with E-state index in [0.29, 0.717) is 0 Å². The van der Waals surface area contributed by atoms with Crippen LogP contribution >= 0.6 is 46.7 Å². The van der Waals surface area contributed by atoms with E-state index in [-0.39, 0.29) is 24.0 Å². The van der Waals surface area contributed by atoms with Crippen LogP contribution in [0.15, 0.2) is 17.1 Å². The molecule has 0 bridgehead atoms. The zero-order valence-corrected chi connectivity index (χ0v) is 18.1. The zero-order chi connectivity index (χ0) is 15.9. The van der Waals surface area contributed by atoms with Crippen LogP contribution in [-0.4, -0.2) is 24.5 Å². The second kappa shape index (κ2) is 10.2. The number of halogens is 1. The molecule has 0 aromatic carbocycles. The molecule has 0 fully saturated rings. The van der Waals surface area contributed by atoms with Crippen LogP contribution in [0, 0.1) is 13.8 Å². The Labute approximate surface area is 163 Å². The van der Waals surface area contributed by atoms with Crippen LogP contribution in [0.1, 0.15) is 32.3 Å². The summed E-state index contributed by atoms with van der Waals surface area (Å²) in [7, 11) is 1.80. The van der Waals surface area contributed by atoms with Gasteiger partial charge in [-0.3, -0.25) is 4.99 Å². The van der Waals surface area contributed by atoms with Gasteiger partial charge in [-0.05, 0) is 32.4 Å². The van der Waals surface area contributed by atoms with Crippen LogP contribution in [0.2, 0.25) is 0 Å². The second-order valence-electron chi connectivity index (χ2n) is 5.08. The van der Waals surface area contributed by atoms with E-state index in [2.05, 4.69) is 53.5 Å². The summed E-state index contributed by atoms with van der Waals surface area (Å²) in [5.41, 5.74) is 1.23. The quantitative estimate of drug-likeness (QED) is 0.387. The monoisotopic (exact) mass is 464 g/mol. The van der Waals surface area contributed by atoms with Gasteiger partial charge in [0.1, 0.15) is 0 Å². The molecule has 0 saturated heterocycles. The SMILES string of the molecule is CCc1nc(CCNC(=NC)NCc2ccc(C)s2)sc1C.I. The van der Waals surface area contributed by atoms with Gasteiger partial charge in [0, 0.05) is 34.6 Å². The molecular weight excluding hydrogens is 439 g/mol. The molecule has 0 aliphatic rings. The molecule has 0 spiro atoms. The molecule has 0 saturated carbocycles. The Hall–Kier alpha value is -0.670. The van der Waals surface area contributed by atoms with Gasteiger partial charge in [0.2, 0.25) is 0 Å². The van der Waals surface area contributed by atoms with Crippen molar-refractivity contribution in [3.63, 3.8) is 0 Å². The van der Waals surface area contributed by atoms with E-state index < -0.39 is 0 Å². The van der Waals surface area contributed by atoms with Crippen molar-refractivity contribution in [2.45, 2.75) is 40.2 Å². The van der Waals surface area contributed by atoms with Gasteiger partial charge in [-0.2, -0.15) is 0 Å². The lowest BCUT2D eigenvalue weighted by atomic mass is 10.3. The number of thiophene rings is 1. The Balaban J connectivity index is 0.00000264. The first kappa shape index (κ1) is 20.4. The number of aryl methyl sites for hydroxylation is 3. The van der Waals surface area contributed by atoms with Crippen molar-refractivity contribution in [3.05, 3.63) is 37.5 Å². The highest BCUT2D eigenvalue weighted by Gasteiger charge is 2.06. The molecule has 7 heteroatoms. The Morgan fingerprint density at radius 1 is 1.22 bits per heavy atom. The van der Waals surface area contributed by atoms with Crippen molar-refractivity contribution in [3.8, 4) is 0 Å². The molecule has 0 amide bonds. The van der Waals surface area contributed by atoms with Gasteiger partial charge < -0.3 is 10.6 Å². The molecule has 0 aliphatic heterocycles. The first-order valence-electron chi connectivity index (χ1n) is 7.57. The first-order valence-corrected chi connectivity index (χ1v) is 9.20. The average molecular weight is 464 g/mol. The largest absolute Gasteiger partial charge is 0.356 e. The van der Waals surface area contributed by atoms with Gasteiger partial charge in [-0.25, -0.2) is 4.98 Å². The van der Waals surface area contributed by atoms with Crippen LogP contribution in [0.4, 0.5) is 0 Å². The number of aliphatic imine (C=N–C) groups is 1. The Kier molecular flexibility index (Phi) is 9.08. The second-order valence-corrected chi connectivity index (χ2v) is 7.74. The molecule has 128 valence electrons. The van der Waals surface area contributed by atoms with Gasteiger partial charge in [-0.15, -0.1) is 46.7 Å². The summed E-state index contributed by atoms with van der Waals surface area (Å²) >= 11 is 3.62. The number of thiazole rings is 1. The smallest absolute Gasteiger partial charge is 0.191 e. The first-order chi connectivity index (χ1) is 10.6. The molecule has 2 rings (SSSR count). The Morgan fingerprint density at radius 3 is 2.57 bits per heavy atom.